The molecule has 0 radical (unpaired) electrons. The third-order valence-electron chi connectivity index (χ3n) is 5.95. The van der Waals surface area contributed by atoms with Gasteiger partial charge in [0.05, 0.1) is 31.3 Å². The molecule has 1 aliphatic heterocycles. The van der Waals surface area contributed by atoms with Crippen molar-refractivity contribution in [3.05, 3.63) is 74.0 Å². The molecule has 2 N–H and O–H groups in total. The van der Waals surface area contributed by atoms with Gasteiger partial charge in [0.25, 0.3) is 11.5 Å². The lowest BCUT2D eigenvalue weighted by Gasteiger charge is -2.26. The Morgan fingerprint density at radius 3 is 2.79 bits per heavy atom. The number of aryl methyl sites for hydroxylation is 1. The van der Waals surface area contributed by atoms with E-state index in [0.717, 1.165) is 41.2 Å². The molecule has 4 heterocycles. The lowest BCUT2D eigenvalue weighted by atomic mass is 10.1. The summed E-state index contributed by atoms with van der Waals surface area (Å²) in [4.78, 5) is 26.6. The second-order valence-electron chi connectivity index (χ2n) is 7.87. The van der Waals surface area contributed by atoms with Crippen LogP contribution in [0.1, 0.15) is 26.5 Å². The van der Waals surface area contributed by atoms with Gasteiger partial charge in [-0.05, 0) is 65.2 Å². The van der Waals surface area contributed by atoms with Crippen molar-refractivity contribution in [2.45, 2.75) is 24.4 Å². The van der Waals surface area contributed by atoms with E-state index in [1.54, 1.807) is 30.6 Å². The first-order valence-electron chi connectivity index (χ1n) is 10.5. The number of methoxy groups -OCH3 is 1. The predicted molar refractivity (Wildman–Crippen MR) is 130 cm³/mol. The van der Waals surface area contributed by atoms with Gasteiger partial charge in [-0.1, -0.05) is 0 Å². The highest BCUT2D eigenvalue weighted by Gasteiger charge is 2.26. The first-order chi connectivity index (χ1) is 16.0. The molecule has 0 aliphatic carbocycles. The number of nitrogens with zero attached hydrogens (tertiary/aromatic N) is 4. The molecule has 1 aromatic carbocycles. The number of ether oxygens (including phenoxy) is 1. The molecule has 10 heteroatoms. The minimum absolute atomic E-state index is 0.166. The van der Waals surface area contributed by atoms with Crippen LogP contribution in [0.2, 0.25) is 0 Å². The zero-order valence-corrected chi connectivity index (χ0v) is 19.9. The van der Waals surface area contributed by atoms with E-state index in [1.807, 2.05) is 41.9 Å². The highest BCUT2D eigenvalue weighted by Crippen LogP contribution is 2.33. The topological polar surface area (TPSA) is 95.4 Å². The Labute approximate surface area is 198 Å². The van der Waals surface area contributed by atoms with Gasteiger partial charge in [-0.3, -0.25) is 9.59 Å². The van der Waals surface area contributed by atoms with Crippen molar-refractivity contribution >= 4 is 40.1 Å². The highest BCUT2D eigenvalue weighted by molar-refractivity contribution is 7.97. The molecule has 5 rings (SSSR count). The number of thiophene rings is 1. The van der Waals surface area contributed by atoms with Crippen LogP contribution in [0.25, 0.3) is 10.9 Å². The lowest BCUT2D eigenvalue weighted by molar-refractivity contribution is 0.100. The van der Waals surface area contributed by atoms with Crippen molar-refractivity contribution in [2.24, 2.45) is 12.8 Å². The summed E-state index contributed by atoms with van der Waals surface area (Å²) < 4.78 is 10.9. The van der Waals surface area contributed by atoms with E-state index in [0.29, 0.717) is 16.0 Å². The van der Waals surface area contributed by atoms with Gasteiger partial charge < -0.3 is 15.0 Å². The largest absolute Gasteiger partial charge is 0.497 e. The summed E-state index contributed by atoms with van der Waals surface area (Å²) in [5.41, 5.74) is 8.96. The smallest absolute Gasteiger partial charge is 0.291 e. The molecule has 0 spiro atoms. The molecule has 0 bridgehead atoms. The Morgan fingerprint density at radius 2 is 2.06 bits per heavy atom. The van der Waals surface area contributed by atoms with Crippen LogP contribution in [0.5, 0.6) is 5.75 Å². The van der Waals surface area contributed by atoms with Gasteiger partial charge in [0.1, 0.15) is 11.3 Å². The minimum Gasteiger partial charge on any atom is -0.497 e. The number of benzene rings is 1. The van der Waals surface area contributed by atoms with Gasteiger partial charge in [0.15, 0.2) is 0 Å². The van der Waals surface area contributed by atoms with E-state index in [9.17, 15) is 9.59 Å². The van der Waals surface area contributed by atoms with Crippen LogP contribution in [-0.4, -0.2) is 38.2 Å². The number of nitrogens with two attached hydrogens (primary N) is 1. The van der Waals surface area contributed by atoms with E-state index in [4.69, 9.17) is 10.5 Å². The van der Waals surface area contributed by atoms with E-state index < -0.39 is 5.91 Å². The van der Waals surface area contributed by atoms with E-state index in [1.165, 1.54) is 21.6 Å². The number of carbonyl (C=O) groups excluding carboxylic acids is 1. The Morgan fingerprint density at radius 1 is 1.27 bits per heavy atom. The monoisotopic (exact) mass is 481 g/mol. The van der Waals surface area contributed by atoms with E-state index in [-0.39, 0.29) is 12.1 Å². The van der Waals surface area contributed by atoms with Crippen LogP contribution in [0, 0.1) is 0 Å². The molecule has 8 nitrogen and oxygen atoms in total. The normalized spacial score (nSPS) is 13.9. The summed E-state index contributed by atoms with van der Waals surface area (Å²) in [6.45, 7) is 1.82. The summed E-state index contributed by atoms with van der Waals surface area (Å²) in [5.74, 6) is 0.348. The predicted octanol–water partition coefficient (Wildman–Crippen LogP) is 3.02. The Balaban J connectivity index is 1.44. The Bertz CT molecular complexity index is 1400. The first-order valence-corrected chi connectivity index (χ1v) is 12.1. The van der Waals surface area contributed by atoms with Crippen LogP contribution in [0.15, 0.2) is 51.6 Å². The van der Waals surface area contributed by atoms with Gasteiger partial charge >= 0.3 is 0 Å². The fraction of sp³-hybridized carbons (Fsp3) is 0.261. The SMILES string of the molecule is COc1ccc(SN2CCc3c(n(C)c4c(=O)n(Cc5ccsc5C(N)=O)ncc34)C2)cc1. The summed E-state index contributed by atoms with van der Waals surface area (Å²) in [5, 5.41) is 7.13. The van der Waals surface area contributed by atoms with E-state index >= 15 is 0 Å². The van der Waals surface area contributed by atoms with Crippen molar-refractivity contribution in [1.82, 2.24) is 18.7 Å². The van der Waals surface area contributed by atoms with E-state index in [2.05, 4.69) is 9.40 Å². The minimum atomic E-state index is -0.488. The number of hydrogen-bond donors (Lipinski definition) is 1. The van der Waals surface area contributed by atoms with Crippen LogP contribution in [0.4, 0.5) is 0 Å². The van der Waals surface area contributed by atoms with Gasteiger partial charge in [0.2, 0.25) is 0 Å². The summed E-state index contributed by atoms with van der Waals surface area (Å²) in [7, 11) is 3.60. The fourth-order valence-electron chi connectivity index (χ4n) is 4.29. The molecular formula is C23H23N5O3S2. The number of aromatic nitrogens is 3. The van der Waals surface area contributed by atoms with Gasteiger partial charge in [-0.25, -0.2) is 8.99 Å². The molecule has 33 heavy (non-hydrogen) atoms. The standard InChI is InChI=1S/C23H23N5O3S2/c1-26-19-13-27(33-16-5-3-15(31-2)4-6-16)9-7-17(19)18-11-25-28(23(30)20(18)26)12-14-8-10-32-21(14)22(24)29/h3-6,8,10-11H,7,9,12-13H2,1-2H3,(H2,24,29). The summed E-state index contributed by atoms with van der Waals surface area (Å²) >= 11 is 2.98. The number of amides is 1. The van der Waals surface area contributed by atoms with Gasteiger partial charge in [-0.15, -0.1) is 11.3 Å². The van der Waals surface area contributed by atoms with Crippen molar-refractivity contribution in [2.75, 3.05) is 13.7 Å². The van der Waals surface area contributed by atoms with Gasteiger partial charge in [-0.2, -0.15) is 5.10 Å². The molecule has 1 amide bonds. The summed E-state index contributed by atoms with van der Waals surface area (Å²) in [6, 6.07) is 9.83. The molecule has 1 aliphatic rings. The van der Waals surface area contributed by atoms with Crippen molar-refractivity contribution < 1.29 is 9.53 Å². The average molecular weight is 482 g/mol. The van der Waals surface area contributed by atoms with Crippen LogP contribution in [0.3, 0.4) is 0 Å². The second-order valence-corrected chi connectivity index (χ2v) is 9.96. The maximum atomic E-state index is 13.3. The number of carbonyl (C=O) groups is 1. The molecule has 3 aromatic heterocycles. The maximum absolute atomic E-state index is 13.3. The molecule has 0 fully saturated rings. The number of hydrogen-bond acceptors (Lipinski definition) is 7. The second kappa shape index (κ2) is 8.69. The lowest BCUT2D eigenvalue weighted by Crippen LogP contribution is -2.26. The molecule has 0 unspecified atom stereocenters. The molecule has 0 saturated heterocycles. The molecular weight excluding hydrogens is 458 g/mol. The van der Waals surface area contributed by atoms with Crippen LogP contribution < -0.4 is 16.0 Å². The van der Waals surface area contributed by atoms with Crippen LogP contribution >= 0.6 is 23.3 Å². The average Bonchev–Trinajstić information content (AvgIpc) is 3.39. The quantitative estimate of drug-likeness (QED) is 0.426. The number of primary amides is 1. The van der Waals surface area contributed by atoms with Crippen molar-refractivity contribution in [3.8, 4) is 5.75 Å². The van der Waals surface area contributed by atoms with Crippen molar-refractivity contribution in [1.29, 1.82) is 0 Å². The van der Waals surface area contributed by atoms with Crippen LogP contribution in [-0.2, 0) is 26.6 Å². The van der Waals surface area contributed by atoms with Crippen molar-refractivity contribution in [3.63, 3.8) is 0 Å². The summed E-state index contributed by atoms with van der Waals surface area (Å²) in [6.07, 6.45) is 2.62. The van der Waals surface area contributed by atoms with Gasteiger partial charge in [0, 0.05) is 29.6 Å². The molecule has 0 saturated carbocycles. The zero-order chi connectivity index (χ0) is 23.1. The number of rotatable bonds is 6. The molecule has 4 aromatic rings. The number of fused-ring (bicyclic) bond motifs is 3. The third-order valence-corrected chi connectivity index (χ3v) is 7.98. The first kappa shape index (κ1) is 21.7. The molecule has 170 valence electrons. The molecule has 0 atom stereocenters. The fourth-order valence-corrected chi connectivity index (χ4v) is 5.99. The highest BCUT2D eigenvalue weighted by atomic mass is 32.2. The third kappa shape index (κ3) is 3.94. The Hall–Kier alpha value is -3.08. The Kier molecular flexibility index (Phi) is 5.73. The maximum Gasteiger partial charge on any atom is 0.291 e. The zero-order valence-electron chi connectivity index (χ0n) is 18.3.